The molecule has 9 heteroatoms. The van der Waals surface area contributed by atoms with E-state index in [0.717, 1.165) is 0 Å². The number of hydrogen-bond acceptors (Lipinski definition) is 8. The van der Waals surface area contributed by atoms with Gasteiger partial charge in [0.1, 0.15) is 34.3 Å². The van der Waals surface area contributed by atoms with Crippen LogP contribution in [-0.2, 0) is 5.54 Å². The maximum atomic E-state index is 14.4. The molecule has 1 spiro atoms. The van der Waals surface area contributed by atoms with Gasteiger partial charge in [0.2, 0.25) is 0 Å². The molecule has 2 aliphatic heterocycles. The van der Waals surface area contributed by atoms with Crippen LogP contribution in [0.4, 0.5) is 0 Å². The Morgan fingerprint density at radius 1 is 0.654 bits per heavy atom. The van der Waals surface area contributed by atoms with Gasteiger partial charge in [-0.2, -0.15) is 5.10 Å². The van der Waals surface area contributed by atoms with E-state index in [0.29, 0.717) is 68.5 Å². The van der Waals surface area contributed by atoms with Gasteiger partial charge in [-0.1, -0.05) is 54.6 Å². The molecule has 0 fully saturated rings. The molecule has 6 aromatic carbocycles. The fourth-order valence-corrected chi connectivity index (χ4v) is 6.61. The van der Waals surface area contributed by atoms with E-state index in [2.05, 4.69) is 0 Å². The molecule has 2 aliphatic rings. The molecule has 0 radical (unpaired) electrons. The van der Waals surface area contributed by atoms with E-state index in [4.69, 9.17) is 24.0 Å². The standard InChI is InChI=1S/C43H30N2O7/c1-2-49-32-21-23-36-38(25-32)52-39-26-33(51-42(48)30-13-7-4-8-14-30)22-24-37(39)43(36)35-16-10-9-15-34(35)40(46)45(43)44-27-28-17-19-31(20-18-28)50-41(47)29-11-5-3-6-12-29/h3-27H,2H2,1H3/b44-27+. The van der Waals surface area contributed by atoms with E-state index in [1.54, 1.807) is 109 Å². The summed E-state index contributed by atoms with van der Waals surface area (Å²) in [6.07, 6.45) is 1.59. The van der Waals surface area contributed by atoms with Crippen molar-refractivity contribution in [2.45, 2.75) is 12.5 Å². The summed E-state index contributed by atoms with van der Waals surface area (Å²) in [6.45, 7) is 2.34. The third kappa shape index (κ3) is 5.64. The maximum absolute atomic E-state index is 14.4. The number of carbonyl (C=O) groups is 3. The summed E-state index contributed by atoms with van der Waals surface area (Å²) in [4.78, 5) is 39.9. The Kier molecular flexibility index (Phi) is 8.29. The number of esters is 2. The topological polar surface area (TPSA) is 104 Å². The second kappa shape index (κ2) is 13.4. The van der Waals surface area contributed by atoms with Crippen LogP contribution in [0.2, 0.25) is 0 Å². The number of hydrogen-bond donors (Lipinski definition) is 0. The largest absolute Gasteiger partial charge is 0.494 e. The summed E-state index contributed by atoms with van der Waals surface area (Å²) >= 11 is 0. The average molecular weight is 687 g/mol. The molecule has 1 atom stereocenters. The Labute approximate surface area is 299 Å². The van der Waals surface area contributed by atoms with Crippen molar-refractivity contribution in [2.75, 3.05) is 6.61 Å². The Morgan fingerprint density at radius 2 is 1.19 bits per heavy atom. The summed E-state index contributed by atoms with van der Waals surface area (Å²) in [5.74, 6) is 0.777. The molecule has 9 nitrogen and oxygen atoms in total. The van der Waals surface area contributed by atoms with Crippen LogP contribution >= 0.6 is 0 Å². The van der Waals surface area contributed by atoms with Gasteiger partial charge in [0, 0.05) is 34.4 Å². The third-order valence-electron chi connectivity index (χ3n) is 8.92. The molecule has 52 heavy (non-hydrogen) atoms. The minimum atomic E-state index is -1.26. The van der Waals surface area contributed by atoms with Gasteiger partial charge in [-0.25, -0.2) is 14.6 Å². The van der Waals surface area contributed by atoms with Gasteiger partial charge in [-0.15, -0.1) is 0 Å². The third-order valence-corrected chi connectivity index (χ3v) is 8.92. The molecule has 8 rings (SSSR count). The molecule has 1 amide bonds. The normalized spacial score (nSPS) is 15.4. The van der Waals surface area contributed by atoms with E-state index in [9.17, 15) is 14.4 Å². The van der Waals surface area contributed by atoms with Crippen LogP contribution < -0.4 is 18.9 Å². The van der Waals surface area contributed by atoms with Gasteiger partial charge in [0.25, 0.3) is 5.91 Å². The SMILES string of the molecule is CCOc1ccc2c(c1)Oc1cc(OC(=O)c3ccccc3)ccc1C21c2ccccc2C(=O)N1/N=C/c1ccc(OC(=O)c2ccccc2)cc1. The summed E-state index contributed by atoms with van der Waals surface area (Å²) in [7, 11) is 0. The summed E-state index contributed by atoms with van der Waals surface area (Å²) in [5, 5.41) is 6.32. The van der Waals surface area contributed by atoms with E-state index in [1.165, 1.54) is 5.01 Å². The minimum Gasteiger partial charge on any atom is -0.494 e. The van der Waals surface area contributed by atoms with Crippen LogP contribution in [0.1, 0.15) is 60.3 Å². The summed E-state index contributed by atoms with van der Waals surface area (Å²) in [6, 6.07) is 42.4. The van der Waals surface area contributed by atoms with Gasteiger partial charge in [0.15, 0.2) is 0 Å². The van der Waals surface area contributed by atoms with E-state index < -0.39 is 17.5 Å². The average Bonchev–Trinajstić information content (AvgIpc) is 3.42. The van der Waals surface area contributed by atoms with Crippen LogP contribution in [0, 0.1) is 0 Å². The van der Waals surface area contributed by atoms with Crippen LogP contribution in [0.5, 0.6) is 28.7 Å². The van der Waals surface area contributed by atoms with Gasteiger partial charge in [0.05, 0.1) is 23.9 Å². The first-order chi connectivity index (χ1) is 25.4. The zero-order chi connectivity index (χ0) is 35.7. The molecule has 0 saturated heterocycles. The van der Waals surface area contributed by atoms with Crippen molar-refractivity contribution < 1.29 is 33.3 Å². The fourth-order valence-electron chi connectivity index (χ4n) is 6.61. The van der Waals surface area contributed by atoms with Gasteiger partial charge < -0.3 is 18.9 Å². The Hall–Kier alpha value is -7.00. The van der Waals surface area contributed by atoms with Crippen molar-refractivity contribution >= 4 is 24.1 Å². The van der Waals surface area contributed by atoms with E-state index in [-0.39, 0.29) is 11.7 Å². The number of ether oxygens (including phenoxy) is 4. The summed E-state index contributed by atoms with van der Waals surface area (Å²) < 4.78 is 23.6. The van der Waals surface area contributed by atoms with Crippen molar-refractivity contribution in [3.8, 4) is 28.7 Å². The van der Waals surface area contributed by atoms with Crippen LogP contribution in [0.3, 0.4) is 0 Å². The molecule has 0 N–H and O–H groups in total. The van der Waals surface area contributed by atoms with Crippen LogP contribution in [0.15, 0.2) is 151 Å². The Morgan fingerprint density at radius 3 is 1.83 bits per heavy atom. The van der Waals surface area contributed by atoms with E-state index >= 15 is 0 Å². The molecule has 6 aromatic rings. The highest BCUT2D eigenvalue weighted by molar-refractivity contribution is 6.03. The zero-order valence-corrected chi connectivity index (χ0v) is 27.9. The zero-order valence-electron chi connectivity index (χ0n) is 27.9. The Bertz CT molecular complexity index is 2360. The molecule has 0 aliphatic carbocycles. The number of hydrazone groups is 1. The van der Waals surface area contributed by atoms with E-state index in [1.807, 2.05) is 49.4 Å². The highest BCUT2D eigenvalue weighted by Crippen LogP contribution is 2.58. The van der Waals surface area contributed by atoms with Crippen LogP contribution in [0.25, 0.3) is 0 Å². The lowest BCUT2D eigenvalue weighted by Crippen LogP contribution is -2.44. The fraction of sp³-hybridized carbons (Fsp3) is 0.0698. The van der Waals surface area contributed by atoms with Crippen molar-refractivity contribution in [3.63, 3.8) is 0 Å². The lowest BCUT2D eigenvalue weighted by molar-refractivity contribution is 0.0673. The van der Waals surface area contributed by atoms with Gasteiger partial charge in [-0.3, -0.25) is 4.79 Å². The minimum absolute atomic E-state index is 0.271. The van der Waals surface area contributed by atoms with Crippen molar-refractivity contribution in [2.24, 2.45) is 5.10 Å². The van der Waals surface area contributed by atoms with Gasteiger partial charge >= 0.3 is 11.9 Å². The van der Waals surface area contributed by atoms with Crippen molar-refractivity contribution in [1.82, 2.24) is 5.01 Å². The first-order valence-electron chi connectivity index (χ1n) is 16.7. The predicted molar refractivity (Wildman–Crippen MR) is 193 cm³/mol. The first kappa shape index (κ1) is 32.2. The Balaban J connectivity index is 1.20. The number of benzene rings is 6. The quantitative estimate of drug-likeness (QED) is 0.0900. The monoisotopic (exact) mass is 686 g/mol. The molecule has 0 bridgehead atoms. The maximum Gasteiger partial charge on any atom is 0.343 e. The molecule has 0 saturated carbocycles. The highest BCUT2D eigenvalue weighted by Gasteiger charge is 2.57. The number of fused-ring (bicyclic) bond motifs is 6. The first-order valence-corrected chi connectivity index (χ1v) is 16.7. The number of rotatable bonds is 8. The lowest BCUT2D eigenvalue weighted by atomic mass is 9.75. The lowest BCUT2D eigenvalue weighted by Gasteiger charge is -2.41. The van der Waals surface area contributed by atoms with Crippen molar-refractivity contribution in [3.05, 3.63) is 185 Å². The number of amides is 1. The second-order valence-electron chi connectivity index (χ2n) is 12.0. The molecule has 0 aromatic heterocycles. The molecular weight excluding hydrogens is 656 g/mol. The molecule has 254 valence electrons. The molecule has 1 unspecified atom stereocenters. The smallest absolute Gasteiger partial charge is 0.343 e. The number of nitrogens with zero attached hydrogens (tertiary/aromatic N) is 2. The van der Waals surface area contributed by atoms with Crippen LogP contribution in [-0.4, -0.2) is 35.7 Å². The van der Waals surface area contributed by atoms with Crippen molar-refractivity contribution in [1.29, 1.82) is 0 Å². The molecule has 2 heterocycles. The summed E-state index contributed by atoms with van der Waals surface area (Å²) in [5.41, 5.74) is 2.75. The highest BCUT2D eigenvalue weighted by atomic mass is 16.5. The second-order valence-corrected chi connectivity index (χ2v) is 12.0. The predicted octanol–water partition coefficient (Wildman–Crippen LogP) is 8.41. The van der Waals surface area contributed by atoms with Gasteiger partial charge in [-0.05, 0) is 91.3 Å². The molecular formula is C43H30N2O7. The number of carbonyl (C=O) groups excluding carboxylic acids is 3.